The Kier molecular flexibility index (Phi) is 3.06. The normalized spacial score (nSPS) is 26.0. The van der Waals surface area contributed by atoms with E-state index in [4.69, 9.17) is 14.7 Å². The fourth-order valence-corrected chi connectivity index (χ4v) is 2.03. The number of hydrogen-bond acceptors (Lipinski definition) is 4. The summed E-state index contributed by atoms with van der Waals surface area (Å²) in [5.41, 5.74) is 0.768. The molecular formula is C11H16N2O2. The van der Waals surface area contributed by atoms with Crippen molar-refractivity contribution in [1.82, 2.24) is 4.90 Å². The standard InChI is InChI=1S/C11H16N2O2/c1-10(8-12)2-4-13-5-3-11(9-13)14-6-7-15-11/h2H,3-7,9H2,1H3/b10-2-. The lowest BCUT2D eigenvalue weighted by Gasteiger charge is -2.21. The van der Waals surface area contributed by atoms with Gasteiger partial charge in [0.15, 0.2) is 5.79 Å². The highest BCUT2D eigenvalue weighted by Crippen LogP contribution is 2.30. The monoisotopic (exact) mass is 208 g/mol. The second kappa shape index (κ2) is 4.31. The number of nitriles is 1. The first-order chi connectivity index (χ1) is 7.24. The second-order valence-electron chi connectivity index (χ2n) is 4.09. The van der Waals surface area contributed by atoms with Crippen LogP contribution in [0.15, 0.2) is 11.6 Å². The molecule has 2 saturated heterocycles. The fourth-order valence-electron chi connectivity index (χ4n) is 2.03. The van der Waals surface area contributed by atoms with Crippen molar-refractivity contribution >= 4 is 0 Å². The zero-order valence-corrected chi connectivity index (χ0v) is 9.03. The first-order valence-electron chi connectivity index (χ1n) is 5.31. The minimum absolute atomic E-state index is 0.339. The van der Waals surface area contributed by atoms with E-state index in [-0.39, 0.29) is 5.79 Å². The maximum atomic E-state index is 8.63. The van der Waals surface area contributed by atoms with Gasteiger partial charge in [-0.05, 0) is 6.92 Å². The molecule has 1 spiro atoms. The number of likely N-dealkylation sites (tertiary alicyclic amines) is 1. The Balaban J connectivity index is 1.85. The van der Waals surface area contributed by atoms with Crippen molar-refractivity contribution in [2.45, 2.75) is 19.1 Å². The van der Waals surface area contributed by atoms with Crippen LogP contribution in [0.25, 0.3) is 0 Å². The van der Waals surface area contributed by atoms with Crippen molar-refractivity contribution in [3.63, 3.8) is 0 Å². The molecule has 2 heterocycles. The predicted octanol–water partition coefficient (Wildman–Crippen LogP) is 0.905. The van der Waals surface area contributed by atoms with Gasteiger partial charge in [0.2, 0.25) is 0 Å². The van der Waals surface area contributed by atoms with Gasteiger partial charge in [-0.1, -0.05) is 6.08 Å². The second-order valence-corrected chi connectivity index (χ2v) is 4.09. The van der Waals surface area contributed by atoms with E-state index in [1.807, 2.05) is 13.0 Å². The molecule has 2 rings (SSSR count). The number of nitrogens with zero attached hydrogens (tertiary/aromatic N) is 2. The maximum absolute atomic E-state index is 8.63. The smallest absolute Gasteiger partial charge is 0.182 e. The van der Waals surface area contributed by atoms with Crippen LogP contribution in [-0.4, -0.2) is 43.5 Å². The predicted molar refractivity (Wildman–Crippen MR) is 55.1 cm³/mol. The maximum Gasteiger partial charge on any atom is 0.182 e. The molecule has 4 heteroatoms. The van der Waals surface area contributed by atoms with Crippen LogP contribution >= 0.6 is 0 Å². The van der Waals surface area contributed by atoms with Gasteiger partial charge in [-0.2, -0.15) is 5.26 Å². The summed E-state index contributed by atoms with van der Waals surface area (Å²) in [5, 5.41) is 8.63. The van der Waals surface area contributed by atoms with Crippen molar-refractivity contribution in [3.8, 4) is 6.07 Å². The number of rotatable bonds is 2. The van der Waals surface area contributed by atoms with E-state index in [2.05, 4.69) is 11.0 Å². The third kappa shape index (κ3) is 2.37. The summed E-state index contributed by atoms with van der Waals surface area (Å²) in [6.45, 7) is 5.86. The summed E-state index contributed by atoms with van der Waals surface area (Å²) in [7, 11) is 0. The minimum Gasteiger partial charge on any atom is -0.346 e. The molecule has 0 aromatic carbocycles. The van der Waals surface area contributed by atoms with E-state index < -0.39 is 0 Å². The molecule has 15 heavy (non-hydrogen) atoms. The Labute approximate surface area is 90.1 Å². The Morgan fingerprint density at radius 2 is 2.27 bits per heavy atom. The fraction of sp³-hybridized carbons (Fsp3) is 0.727. The lowest BCUT2D eigenvalue weighted by molar-refractivity contribution is -0.144. The summed E-state index contributed by atoms with van der Waals surface area (Å²) >= 11 is 0. The van der Waals surface area contributed by atoms with Gasteiger partial charge in [-0.25, -0.2) is 0 Å². The minimum atomic E-state index is -0.339. The molecule has 0 aromatic heterocycles. The average molecular weight is 208 g/mol. The van der Waals surface area contributed by atoms with Crippen molar-refractivity contribution in [2.24, 2.45) is 0 Å². The zero-order valence-electron chi connectivity index (χ0n) is 9.03. The first kappa shape index (κ1) is 10.6. The molecule has 0 radical (unpaired) electrons. The summed E-state index contributed by atoms with van der Waals surface area (Å²) in [6.07, 6.45) is 2.89. The first-order valence-corrected chi connectivity index (χ1v) is 5.31. The Morgan fingerprint density at radius 3 is 2.93 bits per heavy atom. The van der Waals surface area contributed by atoms with Gasteiger partial charge in [-0.3, -0.25) is 4.90 Å². The molecule has 82 valence electrons. The van der Waals surface area contributed by atoms with Crippen LogP contribution < -0.4 is 0 Å². The molecule has 4 nitrogen and oxygen atoms in total. The quantitative estimate of drug-likeness (QED) is 0.633. The van der Waals surface area contributed by atoms with Gasteiger partial charge >= 0.3 is 0 Å². The lowest BCUT2D eigenvalue weighted by Crippen LogP contribution is -2.34. The summed E-state index contributed by atoms with van der Waals surface area (Å²) < 4.78 is 11.2. The summed E-state index contributed by atoms with van der Waals surface area (Å²) in [5.74, 6) is -0.339. The van der Waals surface area contributed by atoms with Crippen LogP contribution in [0.1, 0.15) is 13.3 Å². The van der Waals surface area contributed by atoms with Gasteiger partial charge in [0.1, 0.15) is 0 Å². The molecule has 0 unspecified atom stereocenters. The molecule has 2 aliphatic heterocycles. The van der Waals surface area contributed by atoms with E-state index in [1.165, 1.54) is 0 Å². The average Bonchev–Trinajstić information content (AvgIpc) is 2.86. The molecule has 0 N–H and O–H groups in total. The third-order valence-electron chi connectivity index (χ3n) is 2.92. The zero-order chi connectivity index (χ0) is 10.7. The van der Waals surface area contributed by atoms with Crippen LogP contribution in [0.5, 0.6) is 0 Å². The van der Waals surface area contributed by atoms with E-state index in [0.29, 0.717) is 13.2 Å². The largest absolute Gasteiger partial charge is 0.346 e. The van der Waals surface area contributed by atoms with E-state index >= 15 is 0 Å². The molecule has 2 fully saturated rings. The highest BCUT2D eigenvalue weighted by atomic mass is 16.7. The Bertz CT molecular complexity index is 300. The van der Waals surface area contributed by atoms with E-state index in [0.717, 1.165) is 31.6 Å². The molecule has 0 amide bonds. The number of ether oxygens (including phenoxy) is 2. The van der Waals surface area contributed by atoms with Crippen LogP contribution in [0.3, 0.4) is 0 Å². The molecule has 0 bridgehead atoms. The third-order valence-corrected chi connectivity index (χ3v) is 2.92. The number of hydrogen-bond donors (Lipinski definition) is 0. The summed E-state index contributed by atoms with van der Waals surface area (Å²) in [6, 6.07) is 2.12. The molecule has 0 saturated carbocycles. The highest BCUT2D eigenvalue weighted by molar-refractivity contribution is 5.17. The SMILES string of the molecule is C/C(C#N)=C/CN1CCC2(C1)OCCO2. The van der Waals surface area contributed by atoms with Gasteiger partial charge in [0.05, 0.1) is 25.8 Å². The lowest BCUT2D eigenvalue weighted by atomic mass is 10.2. The molecule has 0 aromatic rings. The summed E-state index contributed by atoms with van der Waals surface area (Å²) in [4.78, 5) is 2.26. The van der Waals surface area contributed by atoms with Crippen LogP contribution in [0, 0.1) is 11.3 Å². The van der Waals surface area contributed by atoms with Gasteiger partial charge < -0.3 is 9.47 Å². The topological polar surface area (TPSA) is 45.5 Å². The number of allylic oxidation sites excluding steroid dienone is 1. The van der Waals surface area contributed by atoms with Gasteiger partial charge in [-0.15, -0.1) is 0 Å². The highest BCUT2D eigenvalue weighted by Gasteiger charge is 2.42. The van der Waals surface area contributed by atoms with Crippen molar-refractivity contribution in [2.75, 3.05) is 32.8 Å². The molecular weight excluding hydrogens is 192 g/mol. The van der Waals surface area contributed by atoms with Crippen LogP contribution in [0.4, 0.5) is 0 Å². The van der Waals surface area contributed by atoms with Gasteiger partial charge in [0.25, 0.3) is 0 Å². The molecule has 0 aliphatic carbocycles. The van der Waals surface area contributed by atoms with Crippen LogP contribution in [0.2, 0.25) is 0 Å². The van der Waals surface area contributed by atoms with Gasteiger partial charge in [0, 0.05) is 25.1 Å². The Morgan fingerprint density at radius 1 is 1.53 bits per heavy atom. The Hall–Kier alpha value is -0.890. The molecule has 2 aliphatic rings. The van der Waals surface area contributed by atoms with Crippen molar-refractivity contribution in [3.05, 3.63) is 11.6 Å². The van der Waals surface area contributed by atoms with Crippen molar-refractivity contribution < 1.29 is 9.47 Å². The van der Waals surface area contributed by atoms with Crippen molar-refractivity contribution in [1.29, 1.82) is 5.26 Å². The molecule has 0 atom stereocenters. The van der Waals surface area contributed by atoms with E-state index in [1.54, 1.807) is 0 Å². The van der Waals surface area contributed by atoms with Crippen LogP contribution in [-0.2, 0) is 9.47 Å². The van der Waals surface area contributed by atoms with E-state index in [9.17, 15) is 0 Å².